The number of aromatic nitrogens is 3. The molecule has 2 amide bonds. The van der Waals surface area contributed by atoms with Gasteiger partial charge in [-0.25, -0.2) is 4.98 Å². The van der Waals surface area contributed by atoms with Crippen LogP contribution in [0.5, 0.6) is 5.75 Å². The number of ether oxygens (including phenoxy) is 1. The molecule has 0 saturated heterocycles. The molecule has 0 fully saturated rings. The molecule has 0 bridgehead atoms. The molecular formula is C30H26F3N5O4S. The van der Waals surface area contributed by atoms with Gasteiger partial charge >= 0.3 is 6.18 Å². The second kappa shape index (κ2) is 10.9. The zero-order valence-electron chi connectivity index (χ0n) is 23.2. The van der Waals surface area contributed by atoms with Crippen LogP contribution >= 0.6 is 11.3 Å². The first-order chi connectivity index (χ1) is 20.5. The van der Waals surface area contributed by atoms with E-state index in [0.717, 1.165) is 25.3 Å². The molecule has 0 spiro atoms. The lowest BCUT2D eigenvalue weighted by Gasteiger charge is -2.12. The number of halogens is 3. The second-order valence-electron chi connectivity index (χ2n) is 10.2. The van der Waals surface area contributed by atoms with Crippen molar-refractivity contribution in [1.82, 2.24) is 14.8 Å². The summed E-state index contributed by atoms with van der Waals surface area (Å²) in [5.74, 6) is -0.659. The molecule has 4 aromatic heterocycles. The summed E-state index contributed by atoms with van der Waals surface area (Å²) in [5, 5.41) is 7.05. The summed E-state index contributed by atoms with van der Waals surface area (Å²) in [5.41, 5.74) is 8.10. The van der Waals surface area contributed by atoms with Gasteiger partial charge in [0.05, 0.1) is 11.9 Å². The fourth-order valence-corrected chi connectivity index (χ4v) is 6.33. The lowest BCUT2D eigenvalue weighted by atomic mass is 10.0. The number of aryl methyl sites for hydroxylation is 3. The maximum absolute atomic E-state index is 13.8. The van der Waals surface area contributed by atoms with Crippen molar-refractivity contribution in [1.29, 1.82) is 0 Å². The Balaban J connectivity index is 1.34. The van der Waals surface area contributed by atoms with Gasteiger partial charge in [0, 0.05) is 23.2 Å². The van der Waals surface area contributed by atoms with Crippen LogP contribution in [-0.2, 0) is 32.2 Å². The van der Waals surface area contributed by atoms with Gasteiger partial charge in [-0.1, -0.05) is 6.07 Å². The van der Waals surface area contributed by atoms with Crippen LogP contribution in [0, 0.1) is 6.92 Å². The Bertz CT molecular complexity index is 1890. The minimum Gasteiger partial charge on any atom is -0.486 e. The van der Waals surface area contributed by atoms with E-state index >= 15 is 0 Å². The standard InChI is InChI=1S/C30H26F3N5O4S/c1-3-38-15(2)21(13-35-38)20-12-23(30(31,32)33)36-29-24(20)25(26(43-29)27(34)39)37-28(40)22-10-9-19(42-22)14-41-18-8-7-16-5-4-6-17(16)11-18/h7-13H,3-6,14H2,1-2H3,(H2,34,39)(H,37,40). The summed E-state index contributed by atoms with van der Waals surface area (Å²) >= 11 is 0.668. The molecule has 6 rings (SSSR count). The Kier molecular flexibility index (Phi) is 7.20. The third kappa shape index (κ3) is 5.36. The maximum atomic E-state index is 13.8. The van der Waals surface area contributed by atoms with E-state index in [1.807, 2.05) is 19.1 Å². The number of hydrogen-bond donors (Lipinski definition) is 2. The number of pyridine rings is 1. The van der Waals surface area contributed by atoms with E-state index in [1.165, 1.54) is 23.4 Å². The highest BCUT2D eigenvalue weighted by molar-refractivity contribution is 7.21. The van der Waals surface area contributed by atoms with Gasteiger partial charge in [0.2, 0.25) is 0 Å². The van der Waals surface area contributed by atoms with Gasteiger partial charge in [-0.3, -0.25) is 14.3 Å². The molecule has 43 heavy (non-hydrogen) atoms. The van der Waals surface area contributed by atoms with E-state index in [-0.39, 0.29) is 38.7 Å². The molecule has 1 aliphatic carbocycles. The van der Waals surface area contributed by atoms with Crippen LogP contribution in [0.15, 0.2) is 47.0 Å². The molecule has 9 nitrogen and oxygen atoms in total. The first-order valence-electron chi connectivity index (χ1n) is 13.6. The van der Waals surface area contributed by atoms with E-state index in [2.05, 4.69) is 21.5 Å². The number of carbonyl (C=O) groups excluding carboxylic acids is 2. The van der Waals surface area contributed by atoms with Gasteiger partial charge in [-0.2, -0.15) is 18.3 Å². The number of fused-ring (bicyclic) bond motifs is 2. The summed E-state index contributed by atoms with van der Waals surface area (Å²) in [6.07, 6.45) is -0.121. The number of hydrogen-bond acceptors (Lipinski definition) is 7. The monoisotopic (exact) mass is 609 g/mol. The van der Waals surface area contributed by atoms with E-state index in [0.29, 0.717) is 40.6 Å². The van der Waals surface area contributed by atoms with Gasteiger partial charge in [0.25, 0.3) is 11.8 Å². The third-order valence-electron chi connectivity index (χ3n) is 7.44. The third-order valence-corrected chi connectivity index (χ3v) is 8.54. The van der Waals surface area contributed by atoms with E-state index in [4.69, 9.17) is 14.9 Å². The molecule has 0 unspecified atom stereocenters. The minimum absolute atomic E-state index is 0.0512. The molecule has 3 N–H and O–H groups in total. The molecule has 0 radical (unpaired) electrons. The van der Waals surface area contributed by atoms with Crippen LogP contribution in [0.1, 0.15) is 61.8 Å². The van der Waals surface area contributed by atoms with Crippen LogP contribution in [0.25, 0.3) is 21.3 Å². The molecule has 0 aliphatic heterocycles. The van der Waals surface area contributed by atoms with Crippen molar-refractivity contribution in [2.45, 2.75) is 52.4 Å². The fourth-order valence-electron chi connectivity index (χ4n) is 5.32. The summed E-state index contributed by atoms with van der Waals surface area (Å²) in [4.78, 5) is 29.3. The van der Waals surface area contributed by atoms with Gasteiger partial charge in [-0.05, 0) is 80.1 Å². The van der Waals surface area contributed by atoms with Crippen molar-refractivity contribution in [2.24, 2.45) is 5.73 Å². The predicted molar refractivity (Wildman–Crippen MR) is 154 cm³/mol. The lowest BCUT2D eigenvalue weighted by molar-refractivity contribution is -0.140. The molecule has 5 aromatic rings. The molecule has 1 aliphatic rings. The first-order valence-corrected chi connectivity index (χ1v) is 14.4. The molecule has 0 saturated carbocycles. The van der Waals surface area contributed by atoms with E-state index in [9.17, 15) is 22.8 Å². The first kappa shape index (κ1) is 28.5. The number of anilines is 1. The van der Waals surface area contributed by atoms with E-state index in [1.54, 1.807) is 17.7 Å². The predicted octanol–water partition coefficient (Wildman–Crippen LogP) is 6.52. The van der Waals surface area contributed by atoms with Crippen molar-refractivity contribution >= 4 is 39.1 Å². The van der Waals surface area contributed by atoms with Crippen LogP contribution in [-0.4, -0.2) is 26.6 Å². The molecule has 0 atom stereocenters. The summed E-state index contributed by atoms with van der Waals surface area (Å²) < 4.78 is 54.7. The topological polar surface area (TPSA) is 125 Å². The van der Waals surface area contributed by atoms with Gasteiger partial charge in [0.15, 0.2) is 5.76 Å². The fraction of sp³-hybridized carbons (Fsp3) is 0.267. The van der Waals surface area contributed by atoms with Gasteiger partial charge in [-0.15, -0.1) is 11.3 Å². The zero-order valence-corrected chi connectivity index (χ0v) is 24.0. The Morgan fingerprint density at radius 1 is 1.14 bits per heavy atom. The number of carbonyl (C=O) groups is 2. The number of rotatable bonds is 8. The van der Waals surface area contributed by atoms with Crippen LogP contribution < -0.4 is 15.8 Å². The number of nitrogens with two attached hydrogens (primary N) is 1. The number of alkyl halides is 3. The van der Waals surface area contributed by atoms with Crippen molar-refractivity contribution in [3.05, 3.63) is 81.5 Å². The zero-order chi connectivity index (χ0) is 30.5. The second-order valence-corrected chi connectivity index (χ2v) is 11.2. The Morgan fingerprint density at radius 3 is 2.65 bits per heavy atom. The highest BCUT2D eigenvalue weighted by atomic mass is 32.1. The largest absolute Gasteiger partial charge is 0.486 e. The smallest absolute Gasteiger partial charge is 0.433 e. The quantitative estimate of drug-likeness (QED) is 0.206. The van der Waals surface area contributed by atoms with Gasteiger partial charge in [0.1, 0.15) is 33.5 Å². The number of amides is 2. The number of furan rings is 1. The average Bonchev–Trinajstić information content (AvgIpc) is 3.76. The molecular weight excluding hydrogens is 583 g/mol. The summed E-state index contributed by atoms with van der Waals surface area (Å²) in [7, 11) is 0. The number of primary amides is 1. The van der Waals surface area contributed by atoms with Crippen LogP contribution in [0.2, 0.25) is 0 Å². The molecule has 13 heteroatoms. The highest BCUT2D eigenvalue weighted by Gasteiger charge is 2.35. The normalized spacial score (nSPS) is 13.0. The molecule has 4 heterocycles. The van der Waals surface area contributed by atoms with Crippen LogP contribution in [0.3, 0.4) is 0 Å². The molecule has 1 aromatic carbocycles. The Labute approximate surface area is 247 Å². The number of benzene rings is 1. The Hall–Kier alpha value is -4.65. The van der Waals surface area contributed by atoms with Crippen molar-refractivity contribution < 1.29 is 31.9 Å². The molecule has 222 valence electrons. The number of nitrogens with zero attached hydrogens (tertiary/aromatic N) is 3. The summed E-state index contributed by atoms with van der Waals surface area (Å²) in [6.45, 7) is 4.14. The SMILES string of the molecule is CCn1ncc(-c2cc(C(F)(F)F)nc3sc(C(N)=O)c(NC(=O)c4ccc(COc5ccc6c(c5)CCC6)o4)c23)c1C. The van der Waals surface area contributed by atoms with E-state index < -0.39 is 23.7 Å². The summed E-state index contributed by atoms with van der Waals surface area (Å²) in [6, 6.07) is 9.89. The maximum Gasteiger partial charge on any atom is 0.433 e. The average molecular weight is 610 g/mol. The number of nitrogens with one attached hydrogen (secondary N) is 1. The Morgan fingerprint density at radius 2 is 1.93 bits per heavy atom. The highest BCUT2D eigenvalue weighted by Crippen LogP contribution is 2.44. The van der Waals surface area contributed by atoms with Gasteiger partial charge < -0.3 is 20.2 Å². The van der Waals surface area contributed by atoms with Crippen LogP contribution in [0.4, 0.5) is 18.9 Å². The van der Waals surface area contributed by atoms with Crippen molar-refractivity contribution in [3.8, 4) is 16.9 Å². The minimum atomic E-state index is -4.76. The van der Waals surface area contributed by atoms with Crippen molar-refractivity contribution in [3.63, 3.8) is 0 Å². The lowest BCUT2D eigenvalue weighted by Crippen LogP contribution is -2.16. The number of thiophene rings is 1. The van der Waals surface area contributed by atoms with Crippen molar-refractivity contribution in [2.75, 3.05) is 5.32 Å².